The van der Waals surface area contributed by atoms with E-state index in [-0.39, 0.29) is 5.91 Å². The van der Waals surface area contributed by atoms with Gasteiger partial charge < -0.3 is 10.2 Å². The summed E-state index contributed by atoms with van der Waals surface area (Å²) in [4.78, 5) is 14.0. The number of fused-ring (bicyclic) bond motifs is 1. The Balaban J connectivity index is 1.59. The summed E-state index contributed by atoms with van der Waals surface area (Å²) >= 11 is 6.09. The lowest BCUT2D eigenvalue weighted by atomic mass is 9.83. The number of quaternary nitrogens is 1. The monoisotopic (exact) mass is 307 g/mol. The summed E-state index contributed by atoms with van der Waals surface area (Å²) in [7, 11) is 0. The molecule has 2 aliphatic heterocycles. The van der Waals surface area contributed by atoms with E-state index in [1.807, 2.05) is 12.1 Å². The summed E-state index contributed by atoms with van der Waals surface area (Å²) in [5.41, 5.74) is 0.586. The molecule has 2 N–H and O–H groups in total. The smallest absolute Gasteiger partial charge is 0.252 e. The highest BCUT2D eigenvalue weighted by molar-refractivity contribution is 6.33. The van der Waals surface area contributed by atoms with Gasteiger partial charge >= 0.3 is 0 Å². The fourth-order valence-electron chi connectivity index (χ4n) is 3.99. The van der Waals surface area contributed by atoms with Gasteiger partial charge in [0.15, 0.2) is 0 Å². The van der Waals surface area contributed by atoms with Crippen molar-refractivity contribution < 1.29 is 9.69 Å². The molecule has 21 heavy (non-hydrogen) atoms. The largest absolute Gasteiger partial charge is 0.351 e. The van der Waals surface area contributed by atoms with Crippen molar-refractivity contribution in [3.8, 4) is 0 Å². The number of halogens is 1. The predicted molar refractivity (Wildman–Crippen MR) is 84.8 cm³/mol. The lowest BCUT2D eigenvalue weighted by Crippen LogP contribution is -3.18. The van der Waals surface area contributed by atoms with Crippen LogP contribution in [0.3, 0.4) is 0 Å². The van der Waals surface area contributed by atoms with Gasteiger partial charge in [0.25, 0.3) is 5.91 Å². The fraction of sp³-hybridized carbons (Fsp3) is 0.588. The fourth-order valence-corrected chi connectivity index (χ4v) is 4.21. The first-order valence-electron chi connectivity index (χ1n) is 8.13. The number of benzene rings is 1. The Morgan fingerprint density at radius 3 is 2.86 bits per heavy atom. The minimum atomic E-state index is -0.0384. The van der Waals surface area contributed by atoms with E-state index in [9.17, 15) is 4.79 Å². The van der Waals surface area contributed by atoms with Crippen LogP contribution in [0.15, 0.2) is 24.3 Å². The Morgan fingerprint density at radius 1 is 1.19 bits per heavy atom. The minimum absolute atomic E-state index is 0.0384. The van der Waals surface area contributed by atoms with Crippen molar-refractivity contribution in [1.29, 1.82) is 0 Å². The van der Waals surface area contributed by atoms with Crippen molar-refractivity contribution in [3.05, 3.63) is 34.9 Å². The lowest BCUT2D eigenvalue weighted by Gasteiger charge is -2.41. The van der Waals surface area contributed by atoms with Crippen molar-refractivity contribution >= 4 is 17.5 Å². The molecule has 2 fully saturated rings. The molecule has 0 spiro atoms. The number of carbonyl (C=O) groups excluding carboxylic acids is 1. The number of carbonyl (C=O) groups is 1. The van der Waals surface area contributed by atoms with Gasteiger partial charge in [-0.1, -0.05) is 23.7 Å². The molecule has 1 amide bonds. The molecule has 2 aliphatic rings. The summed E-state index contributed by atoms with van der Waals surface area (Å²) < 4.78 is 0. The molecule has 3 rings (SSSR count). The molecule has 3 nitrogen and oxygen atoms in total. The van der Waals surface area contributed by atoms with Crippen LogP contribution in [0.4, 0.5) is 0 Å². The van der Waals surface area contributed by atoms with Gasteiger partial charge in [-0.25, -0.2) is 0 Å². The Kier molecular flexibility index (Phi) is 4.81. The van der Waals surface area contributed by atoms with E-state index >= 15 is 0 Å². The Morgan fingerprint density at radius 2 is 2.00 bits per heavy atom. The van der Waals surface area contributed by atoms with Gasteiger partial charge in [-0.05, 0) is 44.2 Å². The standard InChI is InChI=1S/C17H23ClN2O/c18-15-8-2-1-7-14(15)17(21)19-12-13-6-5-11-20-10-4-3-9-16(13)20/h1-2,7-8,13,16H,3-6,9-12H2,(H,19,21)/p+1/t13-,16+/m1/s1. The number of piperidine rings is 2. The summed E-state index contributed by atoms with van der Waals surface area (Å²) in [6.07, 6.45) is 6.57. The number of hydrogen-bond donors (Lipinski definition) is 2. The molecule has 4 heteroatoms. The Labute approximate surface area is 131 Å². The first kappa shape index (κ1) is 14.9. The highest BCUT2D eigenvalue weighted by Crippen LogP contribution is 2.20. The zero-order valence-corrected chi connectivity index (χ0v) is 13.2. The van der Waals surface area contributed by atoms with Gasteiger partial charge in [-0.3, -0.25) is 4.79 Å². The topological polar surface area (TPSA) is 33.5 Å². The third-order valence-electron chi connectivity index (χ3n) is 5.07. The van der Waals surface area contributed by atoms with Crippen LogP contribution in [0.25, 0.3) is 0 Å². The number of rotatable bonds is 3. The van der Waals surface area contributed by atoms with E-state index in [2.05, 4.69) is 5.32 Å². The maximum Gasteiger partial charge on any atom is 0.252 e. The highest BCUT2D eigenvalue weighted by Gasteiger charge is 2.36. The van der Waals surface area contributed by atoms with E-state index in [1.165, 1.54) is 45.2 Å². The second-order valence-electron chi connectivity index (χ2n) is 6.35. The molecule has 1 aromatic rings. The summed E-state index contributed by atoms with van der Waals surface area (Å²) in [5, 5.41) is 3.64. The van der Waals surface area contributed by atoms with Crippen LogP contribution >= 0.6 is 11.6 Å². The van der Waals surface area contributed by atoms with E-state index in [0.29, 0.717) is 16.5 Å². The number of amides is 1. The van der Waals surface area contributed by atoms with E-state index in [4.69, 9.17) is 11.6 Å². The second-order valence-corrected chi connectivity index (χ2v) is 6.76. The molecule has 0 radical (unpaired) electrons. The second kappa shape index (κ2) is 6.80. The van der Waals surface area contributed by atoms with E-state index in [1.54, 1.807) is 17.0 Å². The van der Waals surface area contributed by atoms with Gasteiger partial charge in [0.05, 0.1) is 29.7 Å². The summed E-state index contributed by atoms with van der Waals surface area (Å²) in [5.74, 6) is 0.587. The van der Waals surface area contributed by atoms with Crippen molar-refractivity contribution in [2.45, 2.75) is 38.1 Å². The number of nitrogens with one attached hydrogen (secondary N) is 2. The third-order valence-corrected chi connectivity index (χ3v) is 5.40. The van der Waals surface area contributed by atoms with Crippen molar-refractivity contribution in [3.63, 3.8) is 0 Å². The van der Waals surface area contributed by atoms with Gasteiger partial charge in [-0.2, -0.15) is 0 Å². The van der Waals surface area contributed by atoms with Crippen molar-refractivity contribution in [2.75, 3.05) is 19.6 Å². The molecule has 0 aromatic heterocycles. The molecule has 2 heterocycles. The molecule has 0 bridgehead atoms. The molecule has 3 atom stereocenters. The van der Waals surface area contributed by atoms with Crippen LogP contribution in [0, 0.1) is 5.92 Å². The normalized spacial score (nSPS) is 28.7. The Hall–Kier alpha value is -1.06. The first-order chi connectivity index (χ1) is 10.3. The summed E-state index contributed by atoms with van der Waals surface area (Å²) in [6, 6.07) is 8.01. The molecule has 0 aliphatic carbocycles. The van der Waals surface area contributed by atoms with Gasteiger partial charge in [0.1, 0.15) is 0 Å². The molecule has 2 saturated heterocycles. The van der Waals surface area contributed by atoms with Crippen LogP contribution in [-0.2, 0) is 0 Å². The SMILES string of the molecule is O=C(NC[C@H]1CCC[NH+]2CCCC[C@@H]12)c1ccccc1Cl. The third kappa shape index (κ3) is 3.41. The molecule has 1 aromatic carbocycles. The van der Waals surface area contributed by atoms with Crippen LogP contribution in [0.5, 0.6) is 0 Å². The van der Waals surface area contributed by atoms with Gasteiger partial charge in [-0.15, -0.1) is 0 Å². The molecule has 1 unspecified atom stereocenters. The minimum Gasteiger partial charge on any atom is -0.351 e. The average Bonchev–Trinajstić information content (AvgIpc) is 2.53. The van der Waals surface area contributed by atoms with Crippen molar-refractivity contribution in [2.24, 2.45) is 5.92 Å². The molecule has 0 saturated carbocycles. The van der Waals surface area contributed by atoms with Crippen LogP contribution in [-0.4, -0.2) is 31.6 Å². The predicted octanol–water partition coefficient (Wildman–Crippen LogP) is 1.92. The van der Waals surface area contributed by atoms with Crippen LogP contribution in [0.1, 0.15) is 42.5 Å². The van der Waals surface area contributed by atoms with Crippen LogP contribution in [0.2, 0.25) is 5.02 Å². The van der Waals surface area contributed by atoms with Gasteiger partial charge in [0.2, 0.25) is 0 Å². The van der Waals surface area contributed by atoms with Crippen molar-refractivity contribution in [1.82, 2.24) is 5.32 Å². The zero-order valence-electron chi connectivity index (χ0n) is 12.4. The van der Waals surface area contributed by atoms with E-state index < -0.39 is 0 Å². The average molecular weight is 308 g/mol. The molecular weight excluding hydrogens is 284 g/mol. The molecular formula is C17H24ClN2O+. The van der Waals surface area contributed by atoms with E-state index in [0.717, 1.165) is 12.6 Å². The zero-order chi connectivity index (χ0) is 14.7. The van der Waals surface area contributed by atoms with Gasteiger partial charge in [0, 0.05) is 12.5 Å². The molecule has 114 valence electrons. The highest BCUT2D eigenvalue weighted by atomic mass is 35.5. The maximum atomic E-state index is 12.3. The van der Waals surface area contributed by atoms with Crippen LogP contribution < -0.4 is 10.2 Å². The number of hydrogen-bond acceptors (Lipinski definition) is 1. The quantitative estimate of drug-likeness (QED) is 0.879. The lowest BCUT2D eigenvalue weighted by molar-refractivity contribution is -0.939. The maximum absolute atomic E-state index is 12.3. The summed E-state index contributed by atoms with van der Waals surface area (Å²) in [6.45, 7) is 3.43. The first-order valence-corrected chi connectivity index (χ1v) is 8.51. The Bertz CT molecular complexity index is 503.